The van der Waals surface area contributed by atoms with Crippen molar-refractivity contribution in [1.29, 1.82) is 0 Å². The molecule has 0 bridgehead atoms. The van der Waals surface area contributed by atoms with E-state index in [1.54, 1.807) is 23.9 Å². The minimum absolute atomic E-state index is 0.0766. The second kappa shape index (κ2) is 14.9. The van der Waals surface area contributed by atoms with Gasteiger partial charge in [0.1, 0.15) is 5.65 Å². The molecule has 2 saturated heterocycles. The monoisotopic (exact) mass is 712 g/mol. The Morgan fingerprint density at radius 2 is 1.74 bits per heavy atom. The molecule has 0 aliphatic carbocycles. The highest BCUT2D eigenvalue weighted by Crippen LogP contribution is 2.42. The molecule has 2 aliphatic rings. The zero-order valence-electron chi connectivity index (χ0n) is 27.7. The third-order valence-corrected chi connectivity index (χ3v) is 10.5. The molecule has 12 heteroatoms. The molecule has 2 aliphatic heterocycles. The third-order valence-electron chi connectivity index (χ3n) is 9.66. The van der Waals surface area contributed by atoms with E-state index in [1.807, 2.05) is 60.7 Å². The van der Waals surface area contributed by atoms with Crippen molar-refractivity contribution in [3.8, 4) is 39.4 Å². The molecule has 2 atom stereocenters. The van der Waals surface area contributed by atoms with Crippen molar-refractivity contribution in [1.82, 2.24) is 29.9 Å². The predicted molar refractivity (Wildman–Crippen MR) is 196 cm³/mol. The van der Waals surface area contributed by atoms with Gasteiger partial charge in [-0.3, -0.25) is 18.9 Å². The summed E-state index contributed by atoms with van der Waals surface area (Å²) in [4.78, 5) is 36.4. The maximum Gasteiger partial charge on any atom is 0.262 e. The molecule has 3 aromatic heterocycles. The molecule has 7 rings (SSSR count). The van der Waals surface area contributed by atoms with Gasteiger partial charge in [0.05, 0.1) is 35.0 Å². The van der Waals surface area contributed by atoms with Crippen molar-refractivity contribution >= 4 is 34.8 Å². The summed E-state index contributed by atoms with van der Waals surface area (Å²) in [5.41, 5.74) is 6.39. The Hall–Kier alpha value is -4.32. The zero-order valence-corrected chi connectivity index (χ0v) is 29.2. The van der Waals surface area contributed by atoms with Gasteiger partial charge in [0, 0.05) is 78.3 Å². The third kappa shape index (κ3) is 6.86. The lowest BCUT2D eigenvalue weighted by molar-refractivity contribution is -0.119. The fraction of sp³-hybridized carbons (Fsp3) is 0.316. The SMILES string of the molecule is COc1nc(-c2cccc(-c3cccc(-c4ccn5c(=O)c(CN6CCC[C@H]6CO)cnc5c4)c3Cl)c2Cl)ccc1CNC[C@H]1CCC(=O)N1. The Bertz CT molecular complexity index is 2120. The Morgan fingerprint density at radius 3 is 2.48 bits per heavy atom. The van der Waals surface area contributed by atoms with E-state index in [0.29, 0.717) is 58.9 Å². The van der Waals surface area contributed by atoms with Crippen molar-refractivity contribution in [2.24, 2.45) is 0 Å². The van der Waals surface area contributed by atoms with Crippen LogP contribution in [-0.2, 0) is 17.9 Å². The number of carbonyl (C=O) groups excluding carboxylic acids is 1. The van der Waals surface area contributed by atoms with Gasteiger partial charge in [0.25, 0.3) is 5.56 Å². The molecule has 2 aromatic carbocycles. The average molecular weight is 714 g/mol. The summed E-state index contributed by atoms with van der Waals surface area (Å²) in [6.07, 6.45) is 6.71. The van der Waals surface area contributed by atoms with Crippen LogP contribution in [0.4, 0.5) is 0 Å². The maximum absolute atomic E-state index is 13.4. The van der Waals surface area contributed by atoms with Gasteiger partial charge in [-0.2, -0.15) is 0 Å². The molecule has 10 nitrogen and oxygen atoms in total. The number of aromatic nitrogens is 3. The number of ether oxygens (including phenoxy) is 1. The van der Waals surface area contributed by atoms with Crippen LogP contribution in [0.3, 0.4) is 0 Å². The number of rotatable bonds is 11. The van der Waals surface area contributed by atoms with Crippen LogP contribution in [0.25, 0.3) is 39.2 Å². The minimum atomic E-state index is -0.123. The number of aliphatic hydroxyl groups is 1. The molecule has 0 spiro atoms. The topological polar surface area (TPSA) is 121 Å². The lowest BCUT2D eigenvalue weighted by Gasteiger charge is -2.22. The van der Waals surface area contributed by atoms with Gasteiger partial charge < -0.3 is 20.5 Å². The van der Waals surface area contributed by atoms with E-state index >= 15 is 0 Å². The van der Waals surface area contributed by atoms with Gasteiger partial charge >= 0.3 is 0 Å². The standard InChI is InChI=1S/C38H38Cl2N6O4/c1-50-37-24(18-41-20-26-11-13-34(48)43-26)10-12-32(44-37)31-9-3-8-30(36(31)40)29-7-2-6-28(35(29)39)23-14-16-46-33(17-23)42-19-25(38(46)49)21-45-15-4-5-27(45)22-47/h2-3,6-10,12,14,16-17,19,26-27,41,47H,4-5,11,13,15,18,20-22H2,1H3,(H,43,48)/t26-,27+/m1/s1. The van der Waals surface area contributed by atoms with Crippen molar-refractivity contribution in [2.75, 3.05) is 26.8 Å². The van der Waals surface area contributed by atoms with Crippen LogP contribution in [0, 0.1) is 0 Å². The Balaban J connectivity index is 1.14. The normalized spacial score (nSPS) is 17.8. The Kier molecular flexibility index (Phi) is 10.2. The van der Waals surface area contributed by atoms with Crippen LogP contribution >= 0.6 is 23.2 Å². The van der Waals surface area contributed by atoms with Crippen LogP contribution in [0.15, 0.2) is 77.9 Å². The van der Waals surface area contributed by atoms with Crippen molar-refractivity contribution in [3.05, 3.63) is 105 Å². The molecular weight excluding hydrogens is 675 g/mol. The van der Waals surface area contributed by atoms with Gasteiger partial charge in [-0.1, -0.05) is 65.7 Å². The number of likely N-dealkylation sites (tertiary alicyclic amines) is 1. The van der Waals surface area contributed by atoms with Crippen LogP contribution < -0.4 is 20.9 Å². The van der Waals surface area contributed by atoms with Crippen molar-refractivity contribution in [2.45, 2.75) is 50.9 Å². The first kappa shape index (κ1) is 34.1. The number of amides is 1. The zero-order chi connectivity index (χ0) is 34.8. The van der Waals surface area contributed by atoms with E-state index in [9.17, 15) is 14.7 Å². The van der Waals surface area contributed by atoms with E-state index in [4.69, 9.17) is 32.9 Å². The van der Waals surface area contributed by atoms with Crippen LogP contribution in [0.2, 0.25) is 10.0 Å². The van der Waals surface area contributed by atoms with Crippen LogP contribution in [-0.4, -0.2) is 69.2 Å². The van der Waals surface area contributed by atoms with E-state index < -0.39 is 0 Å². The molecule has 258 valence electrons. The highest BCUT2D eigenvalue weighted by atomic mass is 35.5. The predicted octanol–water partition coefficient (Wildman–Crippen LogP) is 5.73. The number of benzene rings is 2. The van der Waals surface area contributed by atoms with Gasteiger partial charge in [-0.05, 0) is 49.6 Å². The van der Waals surface area contributed by atoms with Crippen molar-refractivity contribution < 1.29 is 14.6 Å². The molecule has 2 fully saturated rings. The van der Waals surface area contributed by atoms with Crippen molar-refractivity contribution in [3.63, 3.8) is 0 Å². The van der Waals surface area contributed by atoms with E-state index in [0.717, 1.165) is 59.2 Å². The highest BCUT2D eigenvalue weighted by Gasteiger charge is 2.25. The highest BCUT2D eigenvalue weighted by molar-refractivity contribution is 6.39. The molecule has 5 heterocycles. The molecule has 3 N–H and O–H groups in total. The number of halogens is 2. The molecular formula is C38H38Cl2N6O4. The first-order valence-electron chi connectivity index (χ1n) is 16.8. The molecule has 1 amide bonds. The van der Waals surface area contributed by atoms with E-state index in [-0.39, 0.29) is 30.2 Å². The average Bonchev–Trinajstić information content (AvgIpc) is 3.77. The second-order valence-corrected chi connectivity index (χ2v) is 13.6. The van der Waals surface area contributed by atoms with E-state index in [2.05, 4.69) is 20.5 Å². The Labute approximate surface area is 300 Å². The number of aliphatic hydroxyl groups excluding tert-OH is 1. The first-order valence-corrected chi connectivity index (χ1v) is 17.6. The number of pyridine rings is 2. The van der Waals surface area contributed by atoms with Gasteiger partial charge in [-0.25, -0.2) is 9.97 Å². The number of carbonyl (C=O) groups is 1. The lowest BCUT2D eigenvalue weighted by Crippen LogP contribution is -2.35. The van der Waals surface area contributed by atoms with Gasteiger partial charge in [0.2, 0.25) is 11.8 Å². The number of hydrogen-bond donors (Lipinski definition) is 3. The van der Waals surface area contributed by atoms with Gasteiger partial charge in [0.15, 0.2) is 0 Å². The van der Waals surface area contributed by atoms with Gasteiger partial charge in [-0.15, -0.1) is 0 Å². The fourth-order valence-corrected chi connectivity index (χ4v) is 7.62. The molecule has 0 radical (unpaired) electrons. The summed E-state index contributed by atoms with van der Waals surface area (Å²) in [5.74, 6) is 0.589. The summed E-state index contributed by atoms with van der Waals surface area (Å²) >= 11 is 14.2. The number of hydrogen-bond acceptors (Lipinski definition) is 8. The Morgan fingerprint density at radius 1 is 0.980 bits per heavy atom. The molecule has 0 unspecified atom stereocenters. The van der Waals surface area contributed by atoms with E-state index in [1.165, 1.54) is 0 Å². The lowest BCUT2D eigenvalue weighted by atomic mass is 9.97. The summed E-state index contributed by atoms with van der Waals surface area (Å²) in [6.45, 7) is 2.62. The summed E-state index contributed by atoms with van der Waals surface area (Å²) in [7, 11) is 1.59. The molecule has 50 heavy (non-hydrogen) atoms. The summed E-state index contributed by atoms with van der Waals surface area (Å²) < 4.78 is 7.20. The summed E-state index contributed by atoms with van der Waals surface area (Å²) in [6, 6.07) is 19.4. The molecule has 0 saturated carbocycles. The number of fused-ring (bicyclic) bond motifs is 1. The largest absolute Gasteiger partial charge is 0.481 e. The smallest absolute Gasteiger partial charge is 0.262 e. The number of nitrogens with zero attached hydrogens (tertiary/aromatic N) is 4. The molecule has 5 aromatic rings. The second-order valence-electron chi connectivity index (χ2n) is 12.8. The fourth-order valence-electron chi connectivity index (χ4n) is 6.96. The quantitative estimate of drug-likeness (QED) is 0.159. The van der Waals surface area contributed by atoms with Crippen LogP contribution in [0.5, 0.6) is 5.88 Å². The minimum Gasteiger partial charge on any atom is -0.481 e. The summed E-state index contributed by atoms with van der Waals surface area (Å²) in [5, 5.41) is 17.1. The number of nitrogens with one attached hydrogen (secondary N) is 2. The van der Waals surface area contributed by atoms with Crippen LogP contribution in [0.1, 0.15) is 36.8 Å². The number of methoxy groups -OCH3 is 1. The maximum atomic E-state index is 13.4. The first-order chi connectivity index (χ1) is 24.3.